The lowest BCUT2D eigenvalue weighted by molar-refractivity contribution is 0.0516. The third-order valence-electron chi connectivity index (χ3n) is 2.76. The molecule has 0 atom stereocenters. The van der Waals surface area contributed by atoms with Crippen LogP contribution < -0.4 is 10.5 Å². The highest BCUT2D eigenvalue weighted by atomic mass is 79.9. The number of benzene rings is 2. The number of amidine groups is 1. The van der Waals surface area contributed by atoms with Gasteiger partial charge in [-0.05, 0) is 42.5 Å². The summed E-state index contributed by atoms with van der Waals surface area (Å²) in [7, 11) is 1.57. The van der Waals surface area contributed by atoms with Gasteiger partial charge in [0.25, 0.3) is 0 Å². The number of carbonyl (C=O) groups excluding carboxylic acids is 1. The van der Waals surface area contributed by atoms with Gasteiger partial charge in [0, 0.05) is 10.0 Å². The van der Waals surface area contributed by atoms with Crippen molar-refractivity contribution in [2.24, 2.45) is 10.9 Å². The van der Waals surface area contributed by atoms with Gasteiger partial charge in [0.1, 0.15) is 5.75 Å². The molecule has 7 heteroatoms. The van der Waals surface area contributed by atoms with Crippen LogP contribution in [-0.2, 0) is 4.84 Å². The maximum atomic E-state index is 11.9. The minimum atomic E-state index is -0.692. The summed E-state index contributed by atoms with van der Waals surface area (Å²) in [5, 5.41) is 3.90. The van der Waals surface area contributed by atoms with Crippen LogP contribution in [0.2, 0.25) is 5.02 Å². The zero-order chi connectivity index (χ0) is 16.1. The van der Waals surface area contributed by atoms with Crippen LogP contribution >= 0.6 is 27.5 Å². The number of hydrogen-bond donors (Lipinski definition) is 1. The Bertz CT molecular complexity index is 717. The van der Waals surface area contributed by atoms with E-state index >= 15 is 0 Å². The second-order valence-electron chi connectivity index (χ2n) is 4.21. The fraction of sp³-hybridized carbons (Fsp3) is 0.0667. The average molecular weight is 384 g/mol. The Balaban J connectivity index is 2.12. The highest BCUT2D eigenvalue weighted by Gasteiger charge is 2.13. The summed E-state index contributed by atoms with van der Waals surface area (Å²) in [5.74, 6) is 0.0688. The smallest absolute Gasteiger partial charge is 0.367 e. The molecule has 2 rings (SSSR count). The number of carbonyl (C=O) groups is 1. The van der Waals surface area contributed by atoms with Crippen LogP contribution in [0.15, 0.2) is 52.1 Å². The Hall–Kier alpha value is -2.05. The molecule has 2 aromatic rings. The third-order valence-corrected chi connectivity index (χ3v) is 3.58. The first kappa shape index (κ1) is 16.3. The van der Waals surface area contributed by atoms with E-state index < -0.39 is 5.97 Å². The quantitative estimate of drug-likeness (QED) is 0.379. The summed E-state index contributed by atoms with van der Waals surface area (Å²) in [6.45, 7) is 0. The Morgan fingerprint density at radius 3 is 2.55 bits per heavy atom. The predicted molar refractivity (Wildman–Crippen MR) is 88.3 cm³/mol. The van der Waals surface area contributed by atoms with Crippen LogP contribution in [0.4, 0.5) is 0 Å². The van der Waals surface area contributed by atoms with Crippen molar-refractivity contribution in [2.75, 3.05) is 7.11 Å². The summed E-state index contributed by atoms with van der Waals surface area (Å²) >= 11 is 9.20. The van der Waals surface area contributed by atoms with Gasteiger partial charge in [0.05, 0.1) is 17.7 Å². The first-order chi connectivity index (χ1) is 10.5. The summed E-state index contributed by atoms with van der Waals surface area (Å²) in [4.78, 5) is 16.8. The minimum Gasteiger partial charge on any atom is -0.497 e. The third kappa shape index (κ3) is 3.99. The number of hydrogen-bond acceptors (Lipinski definition) is 4. The molecule has 0 fully saturated rings. The number of halogens is 2. The Morgan fingerprint density at radius 1 is 1.23 bits per heavy atom. The molecule has 5 nitrogen and oxygen atoms in total. The highest BCUT2D eigenvalue weighted by molar-refractivity contribution is 9.10. The van der Waals surface area contributed by atoms with Gasteiger partial charge in [-0.25, -0.2) is 4.79 Å². The molecule has 0 spiro atoms. The van der Waals surface area contributed by atoms with E-state index in [1.54, 1.807) is 49.6 Å². The number of ether oxygens (including phenoxy) is 1. The van der Waals surface area contributed by atoms with E-state index in [2.05, 4.69) is 21.1 Å². The zero-order valence-electron chi connectivity index (χ0n) is 11.5. The first-order valence-corrected chi connectivity index (χ1v) is 7.32. The second kappa shape index (κ2) is 7.29. The summed E-state index contributed by atoms with van der Waals surface area (Å²) in [6.07, 6.45) is 0. The van der Waals surface area contributed by atoms with Crippen molar-refractivity contribution in [2.45, 2.75) is 0 Å². The minimum absolute atomic E-state index is 0.0714. The molecule has 0 aliphatic carbocycles. The number of oxime groups is 1. The first-order valence-electron chi connectivity index (χ1n) is 6.15. The molecule has 0 heterocycles. The molecular formula is C15H12BrClN2O3. The lowest BCUT2D eigenvalue weighted by atomic mass is 10.2. The molecule has 0 saturated carbocycles. The standard InChI is InChI=1S/C15H12BrClN2O3/c1-21-11-5-2-9(3-6-11)14(18)19-22-15(20)12-8-10(16)4-7-13(12)17/h2-8H,1H3,(H2,18,19). The van der Waals surface area contributed by atoms with E-state index in [0.29, 0.717) is 15.8 Å². The van der Waals surface area contributed by atoms with Crippen molar-refractivity contribution in [3.05, 3.63) is 63.1 Å². The maximum absolute atomic E-state index is 11.9. The van der Waals surface area contributed by atoms with E-state index in [-0.39, 0.29) is 16.4 Å². The van der Waals surface area contributed by atoms with Crippen LogP contribution in [0.1, 0.15) is 15.9 Å². The molecule has 0 aliphatic rings. The maximum Gasteiger partial charge on any atom is 0.367 e. The fourth-order valence-electron chi connectivity index (χ4n) is 1.61. The SMILES string of the molecule is COc1ccc(/C(N)=N\OC(=O)c2cc(Br)ccc2Cl)cc1. The Kier molecular flexibility index (Phi) is 5.41. The van der Waals surface area contributed by atoms with Gasteiger partial charge in [0.2, 0.25) is 0 Å². The Labute approximate surface area is 140 Å². The van der Waals surface area contributed by atoms with E-state index in [1.165, 1.54) is 0 Å². The average Bonchev–Trinajstić information content (AvgIpc) is 2.54. The largest absolute Gasteiger partial charge is 0.497 e. The van der Waals surface area contributed by atoms with E-state index in [9.17, 15) is 4.79 Å². The van der Waals surface area contributed by atoms with Gasteiger partial charge in [-0.3, -0.25) is 0 Å². The van der Waals surface area contributed by atoms with Gasteiger partial charge >= 0.3 is 5.97 Å². The Morgan fingerprint density at radius 2 is 1.91 bits per heavy atom. The molecule has 0 amide bonds. The van der Waals surface area contributed by atoms with Crippen LogP contribution in [0, 0.1) is 0 Å². The van der Waals surface area contributed by atoms with Crippen LogP contribution in [0.25, 0.3) is 0 Å². The lowest BCUT2D eigenvalue weighted by Crippen LogP contribution is -2.15. The number of nitrogens with zero attached hydrogens (tertiary/aromatic N) is 1. The van der Waals surface area contributed by atoms with Crippen LogP contribution in [0.5, 0.6) is 5.75 Å². The molecule has 114 valence electrons. The number of methoxy groups -OCH3 is 1. The van der Waals surface area contributed by atoms with Crippen molar-refractivity contribution >= 4 is 39.3 Å². The van der Waals surface area contributed by atoms with E-state index in [0.717, 1.165) is 0 Å². The van der Waals surface area contributed by atoms with Crippen molar-refractivity contribution in [3.63, 3.8) is 0 Å². The molecule has 22 heavy (non-hydrogen) atoms. The normalized spacial score (nSPS) is 11.1. The molecule has 2 aromatic carbocycles. The van der Waals surface area contributed by atoms with Crippen molar-refractivity contribution in [1.82, 2.24) is 0 Å². The van der Waals surface area contributed by atoms with Crippen molar-refractivity contribution in [3.8, 4) is 5.75 Å². The fourth-order valence-corrected chi connectivity index (χ4v) is 2.16. The van der Waals surface area contributed by atoms with Gasteiger partial charge < -0.3 is 15.3 Å². The summed E-state index contributed by atoms with van der Waals surface area (Å²) < 4.78 is 5.75. The van der Waals surface area contributed by atoms with E-state index in [4.69, 9.17) is 26.9 Å². The van der Waals surface area contributed by atoms with Gasteiger partial charge in [-0.15, -0.1) is 0 Å². The van der Waals surface area contributed by atoms with Crippen LogP contribution in [-0.4, -0.2) is 18.9 Å². The van der Waals surface area contributed by atoms with Crippen LogP contribution in [0.3, 0.4) is 0 Å². The molecule has 0 aliphatic heterocycles. The van der Waals surface area contributed by atoms with Gasteiger partial charge in [0.15, 0.2) is 5.84 Å². The molecule has 0 aromatic heterocycles. The van der Waals surface area contributed by atoms with Crippen molar-refractivity contribution in [1.29, 1.82) is 0 Å². The highest BCUT2D eigenvalue weighted by Crippen LogP contribution is 2.21. The monoisotopic (exact) mass is 382 g/mol. The molecule has 0 bridgehead atoms. The summed E-state index contributed by atoms with van der Waals surface area (Å²) in [5.41, 5.74) is 6.57. The van der Waals surface area contributed by atoms with E-state index in [1.807, 2.05) is 0 Å². The molecule has 0 saturated heterocycles. The molecule has 0 radical (unpaired) electrons. The van der Waals surface area contributed by atoms with Gasteiger partial charge in [-0.1, -0.05) is 32.7 Å². The predicted octanol–water partition coefficient (Wildman–Crippen LogP) is 3.59. The lowest BCUT2D eigenvalue weighted by Gasteiger charge is -2.04. The van der Waals surface area contributed by atoms with Crippen molar-refractivity contribution < 1.29 is 14.4 Å². The number of rotatable bonds is 4. The number of nitrogens with two attached hydrogens (primary N) is 1. The molecular weight excluding hydrogens is 372 g/mol. The second-order valence-corrected chi connectivity index (χ2v) is 5.53. The van der Waals surface area contributed by atoms with Gasteiger partial charge in [-0.2, -0.15) is 0 Å². The topological polar surface area (TPSA) is 73.9 Å². The molecule has 2 N–H and O–H groups in total. The zero-order valence-corrected chi connectivity index (χ0v) is 13.9. The summed E-state index contributed by atoms with van der Waals surface area (Å²) in [6, 6.07) is 11.7. The molecule has 0 unspecified atom stereocenters.